The fourth-order valence-corrected chi connectivity index (χ4v) is 1.02. The summed E-state index contributed by atoms with van der Waals surface area (Å²) in [5, 5.41) is 0. The van der Waals surface area contributed by atoms with Gasteiger partial charge in [0, 0.05) is 5.56 Å². The van der Waals surface area contributed by atoms with Crippen LogP contribution in [0.3, 0.4) is 0 Å². The van der Waals surface area contributed by atoms with Crippen LogP contribution >= 0.6 is 0 Å². The average molecular weight is 108 g/mol. The molecule has 0 atom stereocenters. The van der Waals surface area contributed by atoms with Gasteiger partial charge in [0.25, 0.3) is 0 Å². The molecule has 1 aromatic carbocycles. The summed E-state index contributed by atoms with van der Waals surface area (Å²) in [7, 11) is 0. The molecule has 2 rings (SSSR count). The van der Waals surface area contributed by atoms with Crippen LogP contribution in [0.2, 0.25) is 0 Å². The van der Waals surface area contributed by atoms with Gasteiger partial charge in [-0.1, -0.05) is 6.92 Å². The molecule has 0 bridgehead atoms. The Kier molecular flexibility index (Phi) is 0.486. The van der Waals surface area contributed by atoms with Crippen molar-refractivity contribution in [1.82, 2.24) is 0 Å². The van der Waals surface area contributed by atoms with E-state index in [0.717, 1.165) is 5.56 Å². The number of rotatable bonds is 1. The molecule has 1 aliphatic rings. The zero-order valence-electron chi connectivity index (χ0n) is 4.90. The molecule has 1 nitrogen and oxygen atoms in total. The molecule has 1 fully saturated rings. The first kappa shape index (κ1) is 4.30. The Labute approximate surface area is 48.0 Å². The lowest BCUT2D eigenvalue weighted by Gasteiger charge is -1.93. The summed E-state index contributed by atoms with van der Waals surface area (Å²) in [6.45, 7) is 2.16. The maximum Gasteiger partial charge on any atom is 0.182 e. The molecule has 0 aliphatic heterocycles. The summed E-state index contributed by atoms with van der Waals surface area (Å²) < 4.78 is 0. The zero-order valence-corrected chi connectivity index (χ0v) is 4.90. The van der Waals surface area contributed by atoms with Crippen LogP contribution in [0.1, 0.15) is 25.3 Å². The van der Waals surface area contributed by atoms with E-state index in [0.29, 0.717) is 10.8 Å². The standard InChI is InChI=1S/C7H8O/c1-7(2-3-7)5-4-6(5)8/h4H,2-3H2,1H3. The zero-order chi connectivity index (χ0) is 5.78. The van der Waals surface area contributed by atoms with Crippen molar-refractivity contribution in [2.75, 3.05) is 0 Å². The highest BCUT2D eigenvalue weighted by molar-refractivity contribution is 5.37. The second kappa shape index (κ2) is 0.903. The van der Waals surface area contributed by atoms with E-state index >= 15 is 0 Å². The van der Waals surface area contributed by atoms with Gasteiger partial charge in [-0.2, -0.15) is 0 Å². The second-order valence-electron chi connectivity index (χ2n) is 2.98. The van der Waals surface area contributed by atoms with Gasteiger partial charge in [-0.3, -0.25) is 4.79 Å². The molecule has 42 valence electrons. The molecule has 8 heavy (non-hydrogen) atoms. The summed E-state index contributed by atoms with van der Waals surface area (Å²) in [5.41, 5.74) is 1.74. The van der Waals surface area contributed by atoms with Crippen LogP contribution in [0.5, 0.6) is 0 Å². The molecule has 0 aromatic heterocycles. The predicted octanol–water partition coefficient (Wildman–Crippen LogP) is 0.974. The topological polar surface area (TPSA) is 17.1 Å². The van der Waals surface area contributed by atoms with Crippen molar-refractivity contribution in [2.24, 2.45) is 0 Å². The minimum Gasteiger partial charge on any atom is -0.290 e. The Bertz CT molecular complexity index is 224. The summed E-state index contributed by atoms with van der Waals surface area (Å²) in [5.74, 6) is 0. The van der Waals surface area contributed by atoms with E-state index in [-0.39, 0.29) is 0 Å². The van der Waals surface area contributed by atoms with Crippen LogP contribution in [0.15, 0.2) is 10.9 Å². The van der Waals surface area contributed by atoms with E-state index in [1.165, 1.54) is 12.8 Å². The molecule has 0 unspecified atom stereocenters. The highest BCUT2D eigenvalue weighted by atomic mass is 16.1. The van der Waals surface area contributed by atoms with Gasteiger partial charge in [-0.05, 0) is 24.3 Å². The first-order valence-electron chi connectivity index (χ1n) is 2.99. The van der Waals surface area contributed by atoms with E-state index in [9.17, 15) is 4.79 Å². The van der Waals surface area contributed by atoms with Gasteiger partial charge in [0.1, 0.15) is 0 Å². The molecule has 1 saturated carbocycles. The third-order valence-corrected chi connectivity index (χ3v) is 2.11. The fourth-order valence-electron chi connectivity index (χ4n) is 1.02. The average Bonchev–Trinajstić information content (AvgIpc) is 2.47. The molecule has 1 aromatic rings. The minimum absolute atomic E-state index is 0.296. The lowest BCUT2D eigenvalue weighted by molar-refractivity contribution is 0.807. The third kappa shape index (κ3) is 0.391. The number of hydrogen-bond acceptors (Lipinski definition) is 1. The van der Waals surface area contributed by atoms with Crippen molar-refractivity contribution in [1.29, 1.82) is 0 Å². The largest absolute Gasteiger partial charge is 0.290 e. The second-order valence-corrected chi connectivity index (χ2v) is 2.98. The molecule has 0 heterocycles. The molecule has 1 heteroatoms. The van der Waals surface area contributed by atoms with Crippen LogP contribution in [0.25, 0.3) is 0 Å². The minimum atomic E-state index is 0.296. The molecular weight excluding hydrogens is 100 g/mol. The van der Waals surface area contributed by atoms with E-state index in [1.807, 2.05) is 0 Å². The highest BCUT2D eigenvalue weighted by Gasteiger charge is 2.43. The van der Waals surface area contributed by atoms with Crippen LogP contribution in [0, 0.1) is 0 Å². The SMILES string of the molecule is CC1(c2cc2=O)CC1. The van der Waals surface area contributed by atoms with Crippen LogP contribution in [-0.2, 0) is 5.41 Å². The molecule has 1 aliphatic carbocycles. The van der Waals surface area contributed by atoms with Gasteiger partial charge >= 0.3 is 0 Å². The van der Waals surface area contributed by atoms with Crippen molar-refractivity contribution in [2.45, 2.75) is 25.2 Å². The first-order chi connectivity index (χ1) is 3.72. The van der Waals surface area contributed by atoms with E-state index in [4.69, 9.17) is 0 Å². The molecular formula is C7H8O. The van der Waals surface area contributed by atoms with Crippen molar-refractivity contribution in [3.8, 4) is 0 Å². The van der Waals surface area contributed by atoms with Crippen LogP contribution in [-0.4, -0.2) is 0 Å². The Hall–Kier alpha value is -0.590. The van der Waals surface area contributed by atoms with Crippen molar-refractivity contribution in [3.63, 3.8) is 0 Å². The Balaban J connectivity index is 2.33. The normalized spacial score (nSPS) is 24.1. The molecule has 0 N–H and O–H groups in total. The van der Waals surface area contributed by atoms with E-state index in [1.54, 1.807) is 6.07 Å². The summed E-state index contributed by atoms with van der Waals surface area (Å²) in [4.78, 5) is 10.5. The molecule has 0 spiro atoms. The molecule has 0 amide bonds. The van der Waals surface area contributed by atoms with Gasteiger partial charge in [0.05, 0.1) is 0 Å². The Morgan fingerprint density at radius 2 is 2.12 bits per heavy atom. The van der Waals surface area contributed by atoms with Crippen molar-refractivity contribution < 1.29 is 0 Å². The summed E-state index contributed by atoms with van der Waals surface area (Å²) in [6.07, 6.45) is 2.45. The van der Waals surface area contributed by atoms with E-state index < -0.39 is 0 Å². The van der Waals surface area contributed by atoms with Gasteiger partial charge in [-0.25, -0.2) is 0 Å². The fraction of sp³-hybridized carbons (Fsp3) is 0.571. The predicted molar refractivity (Wildman–Crippen MR) is 31.7 cm³/mol. The number of hydrogen-bond donors (Lipinski definition) is 0. The molecule has 0 saturated heterocycles. The summed E-state index contributed by atoms with van der Waals surface area (Å²) >= 11 is 0. The first-order valence-corrected chi connectivity index (χ1v) is 2.99. The van der Waals surface area contributed by atoms with E-state index in [2.05, 4.69) is 6.92 Å². The lowest BCUT2D eigenvalue weighted by atomic mass is 10.1. The van der Waals surface area contributed by atoms with Gasteiger partial charge in [0.15, 0.2) is 5.43 Å². The van der Waals surface area contributed by atoms with Crippen LogP contribution in [0.4, 0.5) is 0 Å². The Morgan fingerprint density at radius 1 is 1.62 bits per heavy atom. The van der Waals surface area contributed by atoms with Gasteiger partial charge in [0.2, 0.25) is 0 Å². The molecule has 0 radical (unpaired) electrons. The van der Waals surface area contributed by atoms with Gasteiger partial charge in [-0.15, -0.1) is 0 Å². The quantitative estimate of drug-likeness (QED) is 0.524. The van der Waals surface area contributed by atoms with Crippen molar-refractivity contribution >= 4 is 0 Å². The third-order valence-electron chi connectivity index (χ3n) is 2.11. The van der Waals surface area contributed by atoms with Crippen molar-refractivity contribution in [3.05, 3.63) is 21.9 Å². The lowest BCUT2D eigenvalue weighted by Crippen LogP contribution is -1.96. The Morgan fingerprint density at radius 3 is 2.25 bits per heavy atom. The smallest absolute Gasteiger partial charge is 0.182 e. The van der Waals surface area contributed by atoms with Crippen LogP contribution < -0.4 is 5.43 Å². The summed E-state index contributed by atoms with van der Waals surface area (Å²) in [6, 6.07) is 1.76. The monoisotopic (exact) mass is 108 g/mol. The highest BCUT2D eigenvalue weighted by Crippen LogP contribution is 2.47. The van der Waals surface area contributed by atoms with Gasteiger partial charge < -0.3 is 0 Å². The maximum absolute atomic E-state index is 10.5. The maximum atomic E-state index is 10.5.